The molecule has 0 saturated carbocycles. The van der Waals surface area contributed by atoms with Crippen LogP contribution in [0.2, 0.25) is 0 Å². The maximum Gasteiger partial charge on any atom is 0.252 e. The molecule has 0 atom stereocenters. The number of carbonyl (C=O) groups excluding carboxylic acids is 2. The van der Waals surface area contributed by atoms with Crippen LogP contribution in [0.25, 0.3) is 5.70 Å². The van der Waals surface area contributed by atoms with Gasteiger partial charge in [0.25, 0.3) is 5.91 Å². The molecule has 0 heterocycles. The van der Waals surface area contributed by atoms with Gasteiger partial charge in [0.15, 0.2) is 6.29 Å². The minimum Gasteiger partial charge on any atom is -0.494 e. The number of aryl methyl sites for hydroxylation is 1. The van der Waals surface area contributed by atoms with Gasteiger partial charge in [0, 0.05) is 43.0 Å². The molecule has 1 aliphatic carbocycles. The first-order valence-corrected chi connectivity index (χ1v) is 9.56. The minimum absolute atomic E-state index is 0.239. The Morgan fingerprint density at radius 2 is 2.04 bits per heavy atom. The fourth-order valence-electron chi connectivity index (χ4n) is 3.37. The predicted octanol–water partition coefficient (Wildman–Crippen LogP) is 3.55. The summed E-state index contributed by atoms with van der Waals surface area (Å²) in [5.41, 5.74) is 4.60. The van der Waals surface area contributed by atoms with E-state index in [1.165, 1.54) is 16.8 Å². The van der Waals surface area contributed by atoms with Crippen LogP contribution in [-0.2, 0) is 6.42 Å². The topological polar surface area (TPSA) is 58.6 Å². The summed E-state index contributed by atoms with van der Waals surface area (Å²) in [6, 6.07) is 13.0. The fourth-order valence-corrected chi connectivity index (χ4v) is 3.37. The fraction of sp³-hybridized carbons (Fsp3) is 0.304. The summed E-state index contributed by atoms with van der Waals surface area (Å²) in [5.74, 6) is 0.600. The zero-order valence-corrected chi connectivity index (χ0v) is 16.4. The van der Waals surface area contributed by atoms with E-state index in [0.717, 1.165) is 18.6 Å². The molecule has 146 valence electrons. The third-order valence-electron chi connectivity index (χ3n) is 4.80. The second kappa shape index (κ2) is 9.22. The van der Waals surface area contributed by atoms with E-state index in [4.69, 9.17) is 4.74 Å². The Kier molecular flexibility index (Phi) is 6.48. The Morgan fingerprint density at radius 1 is 1.21 bits per heavy atom. The van der Waals surface area contributed by atoms with Crippen LogP contribution in [0, 0.1) is 0 Å². The van der Waals surface area contributed by atoms with Gasteiger partial charge in [0.2, 0.25) is 0 Å². The summed E-state index contributed by atoms with van der Waals surface area (Å²) in [4.78, 5) is 25.4. The van der Waals surface area contributed by atoms with Crippen LogP contribution >= 0.6 is 0 Å². The number of rotatable bonds is 8. The van der Waals surface area contributed by atoms with Gasteiger partial charge in [-0.05, 0) is 43.0 Å². The van der Waals surface area contributed by atoms with Gasteiger partial charge in [-0.3, -0.25) is 9.59 Å². The molecule has 1 N–H and O–H groups in total. The summed E-state index contributed by atoms with van der Waals surface area (Å²) in [6.45, 7) is 0.995. The van der Waals surface area contributed by atoms with Crippen molar-refractivity contribution < 1.29 is 14.3 Å². The van der Waals surface area contributed by atoms with Crippen LogP contribution in [0.5, 0.6) is 5.75 Å². The third-order valence-corrected chi connectivity index (χ3v) is 4.80. The lowest BCUT2D eigenvalue weighted by Gasteiger charge is -2.24. The van der Waals surface area contributed by atoms with Crippen molar-refractivity contribution in [3.63, 3.8) is 0 Å². The SMILES string of the molecule is CN(C)C1=CCCc2ccc(OCCCNC(=O)c3ccccc3C=O)cc21. The van der Waals surface area contributed by atoms with E-state index < -0.39 is 0 Å². The number of nitrogens with zero attached hydrogens (tertiary/aromatic N) is 1. The van der Waals surface area contributed by atoms with E-state index in [1.807, 2.05) is 6.07 Å². The number of benzene rings is 2. The molecule has 0 aliphatic heterocycles. The van der Waals surface area contributed by atoms with Gasteiger partial charge in [0.05, 0.1) is 6.61 Å². The molecule has 3 rings (SSSR count). The molecule has 0 fully saturated rings. The average Bonchev–Trinajstić information content (AvgIpc) is 2.72. The van der Waals surface area contributed by atoms with Crippen molar-refractivity contribution in [2.45, 2.75) is 19.3 Å². The van der Waals surface area contributed by atoms with Gasteiger partial charge in [-0.2, -0.15) is 0 Å². The smallest absolute Gasteiger partial charge is 0.252 e. The molecule has 0 spiro atoms. The molecule has 1 amide bonds. The quantitative estimate of drug-likeness (QED) is 0.564. The second-order valence-corrected chi connectivity index (χ2v) is 7.00. The highest BCUT2D eigenvalue weighted by molar-refractivity contribution is 6.01. The van der Waals surface area contributed by atoms with Crippen molar-refractivity contribution in [3.05, 3.63) is 70.8 Å². The first-order chi connectivity index (χ1) is 13.6. The number of amides is 1. The van der Waals surface area contributed by atoms with E-state index in [0.29, 0.717) is 37.0 Å². The predicted molar refractivity (Wildman–Crippen MR) is 111 cm³/mol. The molecule has 5 nitrogen and oxygen atoms in total. The minimum atomic E-state index is -0.239. The number of hydrogen-bond acceptors (Lipinski definition) is 4. The highest BCUT2D eigenvalue weighted by Crippen LogP contribution is 2.30. The lowest BCUT2D eigenvalue weighted by atomic mass is 9.94. The third kappa shape index (κ3) is 4.60. The number of fused-ring (bicyclic) bond motifs is 1. The maximum absolute atomic E-state index is 12.2. The molecule has 0 saturated heterocycles. The van der Waals surface area contributed by atoms with E-state index in [9.17, 15) is 9.59 Å². The van der Waals surface area contributed by atoms with Gasteiger partial charge >= 0.3 is 0 Å². The van der Waals surface area contributed by atoms with Crippen molar-refractivity contribution in [2.24, 2.45) is 0 Å². The number of aldehydes is 1. The number of nitrogens with one attached hydrogen (secondary N) is 1. The zero-order valence-electron chi connectivity index (χ0n) is 16.4. The van der Waals surface area contributed by atoms with Crippen molar-refractivity contribution in [1.29, 1.82) is 0 Å². The maximum atomic E-state index is 12.2. The van der Waals surface area contributed by atoms with Gasteiger partial charge in [-0.1, -0.05) is 30.3 Å². The molecule has 0 bridgehead atoms. The summed E-state index contributed by atoms with van der Waals surface area (Å²) < 4.78 is 5.88. The first kappa shape index (κ1) is 19.7. The van der Waals surface area contributed by atoms with Gasteiger partial charge in [-0.15, -0.1) is 0 Å². The summed E-state index contributed by atoms with van der Waals surface area (Å²) in [5, 5.41) is 2.84. The average molecular weight is 378 g/mol. The Balaban J connectivity index is 1.50. The van der Waals surface area contributed by atoms with Crippen molar-refractivity contribution in [1.82, 2.24) is 10.2 Å². The standard InChI is InChI=1S/C23H26N2O3/c1-25(2)22-10-5-8-17-11-12-19(15-21(17)22)28-14-6-13-24-23(27)20-9-4-3-7-18(20)16-26/h3-4,7,9-12,15-16H,5-6,8,13-14H2,1-2H3,(H,24,27). The van der Waals surface area contributed by atoms with Gasteiger partial charge in [-0.25, -0.2) is 0 Å². The molecular weight excluding hydrogens is 352 g/mol. The summed E-state index contributed by atoms with van der Waals surface area (Å²) >= 11 is 0. The van der Waals surface area contributed by atoms with Crippen LogP contribution < -0.4 is 10.1 Å². The molecule has 0 radical (unpaired) electrons. The van der Waals surface area contributed by atoms with Gasteiger partial charge < -0.3 is 15.0 Å². The van der Waals surface area contributed by atoms with Crippen LogP contribution in [0.15, 0.2) is 48.5 Å². The van der Waals surface area contributed by atoms with Gasteiger partial charge in [0.1, 0.15) is 5.75 Å². The normalized spacial score (nSPS) is 12.6. The Bertz CT molecular complexity index is 887. The molecule has 0 unspecified atom stereocenters. The number of allylic oxidation sites excluding steroid dienone is 1. The Labute approximate surface area is 166 Å². The Morgan fingerprint density at radius 3 is 2.82 bits per heavy atom. The monoisotopic (exact) mass is 378 g/mol. The second-order valence-electron chi connectivity index (χ2n) is 7.00. The van der Waals surface area contributed by atoms with Crippen LogP contribution in [-0.4, -0.2) is 44.3 Å². The first-order valence-electron chi connectivity index (χ1n) is 9.56. The van der Waals surface area contributed by atoms with E-state index in [1.54, 1.807) is 24.3 Å². The molecule has 5 heteroatoms. The zero-order chi connectivity index (χ0) is 19.9. The lowest BCUT2D eigenvalue weighted by molar-refractivity contribution is 0.0946. The van der Waals surface area contributed by atoms with Crippen molar-refractivity contribution in [2.75, 3.05) is 27.2 Å². The van der Waals surface area contributed by atoms with E-state index >= 15 is 0 Å². The molecule has 1 aliphatic rings. The lowest BCUT2D eigenvalue weighted by Crippen LogP contribution is -2.26. The summed E-state index contributed by atoms with van der Waals surface area (Å²) in [7, 11) is 4.11. The molecule has 28 heavy (non-hydrogen) atoms. The molecule has 2 aromatic carbocycles. The molecule has 0 aromatic heterocycles. The Hall–Kier alpha value is -3.08. The van der Waals surface area contributed by atoms with Crippen LogP contribution in [0.1, 0.15) is 44.7 Å². The van der Waals surface area contributed by atoms with Crippen molar-refractivity contribution in [3.8, 4) is 5.75 Å². The number of hydrogen-bond donors (Lipinski definition) is 1. The highest BCUT2D eigenvalue weighted by atomic mass is 16.5. The number of carbonyl (C=O) groups is 2. The van der Waals surface area contributed by atoms with E-state index in [2.05, 4.69) is 42.5 Å². The van der Waals surface area contributed by atoms with E-state index in [-0.39, 0.29) is 5.91 Å². The van der Waals surface area contributed by atoms with Crippen LogP contribution in [0.4, 0.5) is 0 Å². The summed E-state index contributed by atoms with van der Waals surface area (Å²) in [6.07, 6.45) is 5.76. The van der Waals surface area contributed by atoms with Crippen LogP contribution in [0.3, 0.4) is 0 Å². The van der Waals surface area contributed by atoms with Crippen molar-refractivity contribution >= 4 is 17.9 Å². The molecule has 2 aromatic rings. The largest absolute Gasteiger partial charge is 0.494 e. The molecular formula is C23H26N2O3. The number of ether oxygens (including phenoxy) is 1. The highest BCUT2D eigenvalue weighted by Gasteiger charge is 2.15.